The number of nitrogens with zero attached hydrogens (tertiary/aromatic N) is 2. The lowest BCUT2D eigenvalue weighted by atomic mass is 10.2. The van der Waals surface area contributed by atoms with Crippen LogP contribution in [0.25, 0.3) is 11.3 Å². The van der Waals surface area contributed by atoms with Crippen LogP contribution in [0.1, 0.15) is 25.6 Å². The number of rotatable bonds is 2. The van der Waals surface area contributed by atoms with Crippen LogP contribution in [-0.4, -0.2) is 9.97 Å². The van der Waals surface area contributed by atoms with Gasteiger partial charge in [0.25, 0.3) is 0 Å². The first-order valence-corrected chi connectivity index (χ1v) is 6.96. The topological polar surface area (TPSA) is 25.8 Å². The molecular formula is C11H10BrClN2S. The van der Waals surface area contributed by atoms with Crippen LogP contribution in [0.5, 0.6) is 0 Å². The van der Waals surface area contributed by atoms with Crippen molar-refractivity contribution in [3.05, 3.63) is 32.3 Å². The van der Waals surface area contributed by atoms with E-state index >= 15 is 0 Å². The van der Waals surface area contributed by atoms with Crippen molar-refractivity contribution >= 4 is 38.9 Å². The Morgan fingerprint density at radius 2 is 2.06 bits per heavy atom. The zero-order valence-corrected chi connectivity index (χ0v) is 12.0. The van der Waals surface area contributed by atoms with Crippen molar-refractivity contribution in [1.82, 2.24) is 9.97 Å². The van der Waals surface area contributed by atoms with Gasteiger partial charge in [-0.25, -0.2) is 9.97 Å². The first-order valence-electron chi connectivity index (χ1n) is 4.84. The molecule has 0 aliphatic carbocycles. The fourth-order valence-corrected chi connectivity index (χ4v) is 2.98. The van der Waals surface area contributed by atoms with E-state index in [0.717, 1.165) is 21.6 Å². The third kappa shape index (κ3) is 2.44. The summed E-state index contributed by atoms with van der Waals surface area (Å²) in [6, 6.07) is 1.79. The molecule has 0 bridgehead atoms. The Bertz CT molecular complexity index is 510. The van der Waals surface area contributed by atoms with Crippen molar-refractivity contribution in [2.75, 3.05) is 0 Å². The Labute approximate surface area is 112 Å². The van der Waals surface area contributed by atoms with Crippen LogP contribution in [-0.2, 0) is 0 Å². The highest BCUT2D eigenvalue weighted by atomic mass is 79.9. The van der Waals surface area contributed by atoms with E-state index in [2.05, 4.69) is 39.7 Å². The zero-order valence-electron chi connectivity index (χ0n) is 8.87. The van der Waals surface area contributed by atoms with E-state index in [0.29, 0.717) is 5.15 Å². The van der Waals surface area contributed by atoms with E-state index in [1.54, 1.807) is 17.4 Å². The highest BCUT2D eigenvalue weighted by Crippen LogP contribution is 2.31. The third-order valence-electron chi connectivity index (χ3n) is 2.12. The average molecular weight is 318 g/mol. The van der Waals surface area contributed by atoms with Crippen molar-refractivity contribution < 1.29 is 0 Å². The monoisotopic (exact) mass is 316 g/mol. The normalized spacial score (nSPS) is 11.1. The van der Waals surface area contributed by atoms with Gasteiger partial charge in [0.2, 0.25) is 0 Å². The summed E-state index contributed by atoms with van der Waals surface area (Å²) in [5, 5.41) is 4.57. The Balaban J connectivity index is 2.54. The molecule has 0 radical (unpaired) electrons. The quantitative estimate of drug-likeness (QED) is 0.747. The molecule has 0 saturated carbocycles. The van der Waals surface area contributed by atoms with Crippen LogP contribution in [0.15, 0.2) is 21.3 Å². The van der Waals surface area contributed by atoms with Gasteiger partial charge in [-0.2, -0.15) is 11.3 Å². The highest BCUT2D eigenvalue weighted by Gasteiger charge is 2.11. The van der Waals surface area contributed by atoms with Crippen LogP contribution < -0.4 is 0 Å². The second-order valence-corrected chi connectivity index (χ2v) is 5.71. The summed E-state index contributed by atoms with van der Waals surface area (Å²) < 4.78 is 1.04. The molecule has 2 nitrogen and oxygen atoms in total. The molecule has 16 heavy (non-hydrogen) atoms. The smallest absolute Gasteiger partial charge is 0.133 e. The SMILES string of the molecule is CC(C)c1nc(Cl)cc(-c2cscc2Br)n1. The zero-order chi connectivity index (χ0) is 11.7. The van der Waals surface area contributed by atoms with Gasteiger partial charge in [0, 0.05) is 32.8 Å². The van der Waals surface area contributed by atoms with Crippen LogP contribution in [0.2, 0.25) is 5.15 Å². The number of hydrogen-bond acceptors (Lipinski definition) is 3. The molecule has 0 unspecified atom stereocenters. The summed E-state index contributed by atoms with van der Waals surface area (Å²) in [7, 11) is 0. The summed E-state index contributed by atoms with van der Waals surface area (Å²) in [5.74, 6) is 1.05. The van der Waals surface area contributed by atoms with Crippen LogP contribution in [0, 0.1) is 0 Å². The van der Waals surface area contributed by atoms with E-state index in [1.165, 1.54) is 0 Å². The van der Waals surface area contributed by atoms with Crippen molar-refractivity contribution in [2.24, 2.45) is 0 Å². The maximum Gasteiger partial charge on any atom is 0.133 e. The largest absolute Gasteiger partial charge is 0.232 e. The standard InChI is InChI=1S/C11H10BrClN2S/c1-6(2)11-14-9(3-10(13)15-11)7-4-16-5-8(7)12/h3-6H,1-2H3. The molecule has 2 aromatic heterocycles. The van der Waals surface area contributed by atoms with Crippen molar-refractivity contribution in [1.29, 1.82) is 0 Å². The second-order valence-electron chi connectivity index (χ2n) is 3.72. The van der Waals surface area contributed by atoms with Crippen LogP contribution >= 0.6 is 38.9 Å². The predicted octanol–water partition coefficient (Wildman–Crippen LogP) is 4.74. The van der Waals surface area contributed by atoms with E-state index in [-0.39, 0.29) is 5.92 Å². The molecule has 2 heterocycles. The maximum absolute atomic E-state index is 6.00. The lowest BCUT2D eigenvalue weighted by Crippen LogP contribution is -1.99. The molecular weight excluding hydrogens is 308 g/mol. The maximum atomic E-state index is 6.00. The minimum atomic E-state index is 0.273. The lowest BCUT2D eigenvalue weighted by Gasteiger charge is -2.06. The first kappa shape index (κ1) is 12.0. The van der Waals surface area contributed by atoms with Gasteiger partial charge in [0.15, 0.2) is 0 Å². The summed E-state index contributed by atoms with van der Waals surface area (Å²) in [6.45, 7) is 4.11. The number of thiophene rings is 1. The molecule has 0 amide bonds. The molecule has 0 aliphatic rings. The molecule has 0 spiro atoms. The molecule has 0 N–H and O–H groups in total. The van der Waals surface area contributed by atoms with E-state index in [1.807, 2.05) is 10.8 Å². The molecule has 0 aliphatic heterocycles. The van der Waals surface area contributed by atoms with Gasteiger partial charge in [-0.3, -0.25) is 0 Å². The molecule has 2 aromatic rings. The Hall–Kier alpha value is -0.450. The molecule has 0 aromatic carbocycles. The molecule has 2 rings (SSSR count). The molecule has 0 atom stereocenters. The average Bonchev–Trinajstić information content (AvgIpc) is 2.63. The molecule has 84 valence electrons. The van der Waals surface area contributed by atoms with Gasteiger partial charge >= 0.3 is 0 Å². The number of halogens is 2. The summed E-state index contributed by atoms with van der Waals surface area (Å²) in [5.41, 5.74) is 1.94. The fourth-order valence-electron chi connectivity index (χ4n) is 1.30. The van der Waals surface area contributed by atoms with Crippen molar-refractivity contribution in [2.45, 2.75) is 19.8 Å². The lowest BCUT2D eigenvalue weighted by molar-refractivity contribution is 0.776. The Kier molecular flexibility index (Phi) is 3.62. The van der Waals surface area contributed by atoms with E-state index in [9.17, 15) is 0 Å². The third-order valence-corrected chi connectivity index (χ3v) is 4.02. The number of hydrogen-bond donors (Lipinski definition) is 0. The molecule has 0 saturated heterocycles. The highest BCUT2D eigenvalue weighted by molar-refractivity contribution is 9.10. The summed E-state index contributed by atoms with van der Waals surface area (Å²) >= 11 is 11.1. The van der Waals surface area contributed by atoms with E-state index < -0.39 is 0 Å². The van der Waals surface area contributed by atoms with Crippen molar-refractivity contribution in [3.63, 3.8) is 0 Å². The Morgan fingerprint density at radius 1 is 1.31 bits per heavy atom. The van der Waals surface area contributed by atoms with Gasteiger partial charge in [-0.15, -0.1) is 0 Å². The van der Waals surface area contributed by atoms with E-state index in [4.69, 9.17) is 11.6 Å². The first-order chi connectivity index (χ1) is 7.58. The second kappa shape index (κ2) is 4.82. The molecule has 0 fully saturated rings. The van der Waals surface area contributed by atoms with Crippen LogP contribution in [0.4, 0.5) is 0 Å². The number of aromatic nitrogens is 2. The van der Waals surface area contributed by atoms with Crippen molar-refractivity contribution in [3.8, 4) is 11.3 Å². The van der Waals surface area contributed by atoms with Gasteiger partial charge in [-0.1, -0.05) is 25.4 Å². The van der Waals surface area contributed by atoms with Gasteiger partial charge in [0.1, 0.15) is 11.0 Å². The van der Waals surface area contributed by atoms with Gasteiger partial charge in [0.05, 0.1) is 5.69 Å². The fraction of sp³-hybridized carbons (Fsp3) is 0.273. The minimum absolute atomic E-state index is 0.273. The predicted molar refractivity (Wildman–Crippen MR) is 72.1 cm³/mol. The van der Waals surface area contributed by atoms with Crippen LogP contribution in [0.3, 0.4) is 0 Å². The summed E-state index contributed by atoms with van der Waals surface area (Å²) in [4.78, 5) is 8.73. The molecule has 5 heteroatoms. The van der Waals surface area contributed by atoms with Gasteiger partial charge < -0.3 is 0 Å². The Morgan fingerprint density at radius 3 is 2.62 bits per heavy atom. The summed E-state index contributed by atoms with van der Waals surface area (Å²) in [6.07, 6.45) is 0. The minimum Gasteiger partial charge on any atom is -0.232 e. The van der Waals surface area contributed by atoms with Gasteiger partial charge in [-0.05, 0) is 15.9 Å².